The molecule has 1 heterocycles. The highest BCUT2D eigenvalue weighted by atomic mass is 33.1. The molecule has 1 saturated heterocycles. The van der Waals surface area contributed by atoms with E-state index in [1.54, 1.807) is 0 Å². The Hall–Kier alpha value is -1.12. The summed E-state index contributed by atoms with van der Waals surface area (Å²) in [4.78, 5) is 1.51. The summed E-state index contributed by atoms with van der Waals surface area (Å²) in [5, 5.41) is 0. The SMILES string of the molecule is c1ccc(C(=C2CCSS2)c2ccccc2)cc1. The molecule has 2 aromatic rings. The van der Waals surface area contributed by atoms with Gasteiger partial charge in [0.1, 0.15) is 0 Å². The summed E-state index contributed by atoms with van der Waals surface area (Å²) >= 11 is 0. The molecule has 18 heavy (non-hydrogen) atoms. The van der Waals surface area contributed by atoms with E-state index in [0.29, 0.717) is 0 Å². The minimum absolute atomic E-state index is 1.19. The van der Waals surface area contributed by atoms with Gasteiger partial charge < -0.3 is 0 Å². The zero-order valence-electron chi connectivity index (χ0n) is 10.0. The van der Waals surface area contributed by atoms with Crippen molar-refractivity contribution < 1.29 is 0 Å². The maximum Gasteiger partial charge on any atom is 0.00863 e. The van der Waals surface area contributed by atoms with Crippen molar-refractivity contribution in [3.63, 3.8) is 0 Å². The van der Waals surface area contributed by atoms with Crippen LogP contribution in [0.4, 0.5) is 0 Å². The van der Waals surface area contributed by atoms with Crippen molar-refractivity contribution in [2.75, 3.05) is 5.75 Å². The van der Waals surface area contributed by atoms with Crippen LogP contribution in [0.1, 0.15) is 17.5 Å². The van der Waals surface area contributed by atoms with Gasteiger partial charge >= 0.3 is 0 Å². The molecular weight excluding hydrogens is 256 g/mol. The first-order valence-corrected chi connectivity index (χ1v) is 8.40. The second-order valence-electron chi connectivity index (χ2n) is 4.19. The molecule has 1 fully saturated rings. The van der Waals surface area contributed by atoms with E-state index < -0.39 is 0 Å². The fourth-order valence-electron chi connectivity index (χ4n) is 2.15. The van der Waals surface area contributed by atoms with E-state index in [0.717, 1.165) is 0 Å². The molecular formula is C16H14S2. The highest BCUT2D eigenvalue weighted by molar-refractivity contribution is 8.78. The normalized spacial score (nSPS) is 14.8. The lowest BCUT2D eigenvalue weighted by Crippen LogP contribution is -1.90. The molecule has 0 aromatic heterocycles. The van der Waals surface area contributed by atoms with Crippen molar-refractivity contribution in [2.45, 2.75) is 6.42 Å². The lowest BCUT2D eigenvalue weighted by Gasteiger charge is -2.11. The maximum atomic E-state index is 2.21. The van der Waals surface area contributed by atoms with Gasteiger partial charge in [0.2, 0.25) is 0 Å². The molecule has 0 nitrogen and oxygen atoms in total. The zero-order valence-corrected chi connectivity index (χ0v) is 11.6. The summed E-state index contributed by atoms with van der Waals surface area (Å²) < 4.78 is 0. The summed E-state index contributed by atoms with van der Waals surface area (Å²) in [7, 11) is 3.90. The molecule has 0 aliphatic carbocycles. The molecule has 0 unspecified atom stereocenters. The van der Waals surface area contributed by atoms with E-state index in [4.69, 9.17) is 0 Å². The number of benzene rings is 2. The van der Waals surface area contributed by atoms with Crippen molar-refractivity contribution in [3.05, 3.63) is 76.7 Å². The monoisotopic (exact) mass is 270 g/mol. The van der Waals surface area contributed by atoms with Gasteiger partial charge in [-0.05, 0) is 23.1 Å². The molecule has 0 spiro atoms. The van der Waals surface area contributed by atoms with Crippen LogP contribution in [0.5, 0.6) is 0 Å². The summed E-state index contributed by atoms with van der Waals surface area (Å²) in [6, 6.07) is 21.4. The van der Waals surface area contributed by atoms with Crippen LogP contribution in [0.2, 0.25) is 0 Å². The third-order valence-corrected chi connectivity index (χ3v) is 5.53. The minimum atomic E-state index is 1.19. The van der Waals surface area contributed by atoms with Crippen LogP contribution in [0.25, 0.3) is 5.57 Å². The summed E-state index contributed by atoms with van der Waals surface area (Å²) in [6.45, 7) is 0. The number of hydrogen-bond donors (Lipinski definition) is 0. The van der Waals surface area contributed by atoms with Gasteiger partial charge in [-0.3, -0.25) is 0 Å². The molecule has 0 atom stereocenters. The molecule has 1 aliphatic rings. The Kier molecular flexibility index (Phi) is 3.77. The minimum Gasteiger partial charge on any atom is -0.0889 e. The van der Waals surface area contributed by atoms with Crippen molar-refractivity contribution in [1.29, 1.82) is 0 Å². The fourth-order valence-corrected chi connectivity index (χ4v) is 4.73. The number of rotatable bonds is 2. The van der Waals surface area contributed by atoms with Crippen molar-refractivity contribution in [3.8, 4) is 0 Å². The van der Waals surface area contributed by atoms with Gasteiger partial charge in [-0.1, -0.05) is 82.3 Å². The molecule has 2 heteroatoms. The van der Waals surface area contributed by atoms with Crippen LogP contribution in [0, 0.1) is 0 Å². The van der Waals surface area contributed by atoms with Crippen LogP contribution in [0.3, 0.4) is 0 Å². The van der Waals surface area contributed by atoms with E-state index in [-0.39, 0.29) is 0 Å². The molecule has 0 saturated carbocycles. The average Bonchev–Trinajstić information content (AvgIpc) is 2.95. The Morgan fingerprint density at radius 1 is 0.778 bits per heavy atom. The van der Waals surface area contributed by atoms with E-state index in [1.807, 2.05) is 21.6 Å². The van der Waals surface area contributed by atoms with Crippen LogP contribution in [0.15, 0.2) is 65.6 Å². The number of allylic oxidation sites excluding steroid dienone is 1. The highest BCUT2D eigenvalue weighted by Crippen LogP contribution is 2.46. The van der Waals surface area contributed by atoms with Crippen LogP contribution >= 0.6 is 21.6 Å². The first kappa shape index (κ1) is 11.9. The lowest BCUT2D eigenvalue weighted by atomic mass is 9.97. The van der Waals surface area contributed by atoms with Crippen LogP contribution < -0.4 is 0 Å². The smallest absolute Gasteiger partial charge is 0.00863 e. The third-order valence-electron chi connectivity index (χ3n) is 2.98. The highest BCUT2D eigenvalue weighted by Gasteiger charge is 2.16. The molecule has 1 aliphatic heterocycles. The van der Waals surface area contributed by atoms with Crippen molar-refractivity contribution >= 4 is 27.2 Å². The van der Waals surface area contributed by atoms with E-state index in [9.17, 15) is 0 Å². The van der Waals surface area contributed by atoms with E-state index >= 15 is 0 Å². The van der Waals surface area contributed by atoms with E-state index in [1.165, 1.54) is 33.8 Å². The van der Waals surface area contributed by atoms with Crippen LogP contribution in [-0.2, 0) is 0 Å². The molecule has 2 aromatic carbocycles. The zero-order chi connectivity index (χ0) is 12.2. The Morgan fingerprint density at radius 3 is 1.78 bits per heavy atom. The van der Waals surface area contributed by atoms with E-state index in [2.05, 4.69) is 60.7 Å². The third kappa shape index (κ3) is 2.50. The second-order valence-corrected chi connectivity index (χ2v) is 6.70. The Balaban J connectivity index is 2.14. The van der Waals surface area contributed by atoms with Crippen LogP contribution in [-0.4, -0.2) is 5.75 Å². The summed E-state index contributed by atoms with van der Waals surface area (Å²) in [6.07, 6.45) is 1.19. The quantitative estimate of drug-likeness (QED) is 0.685. The fraction of sp³-hybridized carbons (Fsp3) is 0.125. The Labute approximate surface area is 116 Å². The van der Waals surface area contributed by atoms with Crippen molar-refractivity contribution in [2.24, 2.45) is 0 Å². The standard InChI is InChI=1S/C16H14S2/c1-3-7-13(8-4-1)16(15-11-12-17-18-15)14-9-5-2-6-10-14/h1-10H,11-12H2. The molecule has 3 rings (SSSR count). The van der Waals surface area contributed by atoms with Gasteiger partial charge in [0.15, 0.2) is 0 Å². The predicted molar refractivity (Wildman–Crippen MR) is 83.6 cm³/mol. The number of hydrogen-bond acceptors (Lipinski definition) is 2. The molecule has 0 radical (unpaired) electrons. The first-order valence-electron chi connectivity index (χ1n) is 6.08. The van der Waals surface area contributed by atoms with Gasteiger partial charge in [-0.25, -0.2) is 0 Å². The first-order chi connectivity index (χ1) is 8.95. The molecule has 0 N–H and O–H groups in total. The van der Waals surface area contributed by atoms with Gasteiger partial charge in [-0.2, -0.15) is 0 Å². The lowest BCUT2D eigenvalue weighted by molar-refractivity contribution is 1.24. The van der Waals surface area contributed by atoms with Gasteiger partial charge in [-0.15, -0.1) is 0 Å². The second kappa shape index (κ2) is 5.68. The molecule has 90 valence electrons. The van der Waals surface area contributed by atoms with Crippen molar-refractivity contribution in [1.82, 2.24) is 0 Å². The van der Waals surface area contributed by atoms with Gasteiger partial charge in [0, 0.05) is 10.7 Å². The molecule has 0 amide bonds. The Bertz CT molecular complexity index is 494. The molecule has 0 bridgehead atoms. The predicted octanol–water partition coefficient (Wildman–Crippen LogP) is 5.23. The van der Waals surface area contributed by atoms with Gasteiger partial charge in [0.25, 0.3) is 0 Å². The topological polar surface area (TPSA) is 0 Å². The van der Waals surface area contributed by atoms with Gasteiger partial charge in [0.05, 0.1) is 0 Å². The maximum absolute atomic E-state index is 2.21. The largest absolute Gasteiger partial charge is 0.0889 e. The average molecular weight is 270 g/mol. The summed E-state index contributed by atoms with van der Waals surface area (Å²) in [5.41, 5.74) is 4.06. The summed E-state index contributed by atoms with van der Waals surface area (Å²) in [5.74, 6) is 1.23. The Morgan fingerprint density at radius 2 is 1.33 bits per heavy atom.